The number of rotatable bonds is 7. The molecule has 0 bridgehead atoms. The van der Waals surface area contributed by atoms with Crippen molar-refractivity contribution in [2.75, 3.05) is 17.2 Å². The fourth-order valence-electron chi connectivity index (χ4n) is 2.31. The van der Waals surface area contributed by atoms with E-state index in [0.717, 1.165) is 11.6 Å². The van der Waals surface area contributed by atoms with Crippen molar-refractivity contribution in [2.24, 2.45) is 5.73 Å². The highest BCUT2D eigenvalue weighted by molar-refractivity contribution is 7.13. The number of benzene rings is 2. The molecule has 9 heteroatoms. The Morgan fingerprint density at radius 2 is 2.04 bits per heavy atom. The topological polar surface area (TPSA) is 89.3 Å². The molecule has 0 aliphatic heterocycles. The Morgan fingerprint density at radius 1 is 1.25 bits per heavy atom. The highest BCUT2D eigenvalue weighted by Gasteiger charge is 2.13. The Hall–Kier alpha value is -2.52. The van der Waals surface area contributed by atoms with Gasteiger partial charge in [-0.1, -0.05) is 41.9 Å². The molecule has 0 aliphatic rings. The number of aromatic nitrogens is 1. The predicted molar refractivity (Wildman–Crippen MR) is 109 cm³/mol. The van der Waals surface area contributed by atoms with Gasteiger partial charge in [0.15, 0.2) is 5.13 Å². The SMILES string of the molecule is NC(COCc1ccccc1)c1csc(NC(=O)Nc2ccc(Cl)c(F)c2)n1. The minimum atomic E-state index is -0.613. The van der Waals surface area contributed by atoms with Crippen LogP contribution in [0, 0.1) is 5.82 Å². The van der Waals surface area contributed by atoms with Crippen molar-refractivity contribution in [3.05, 3.63) is 76.0 Å². The maximum Gasteiger partial charge on any atom is 0.325 e. The zero-order valence-corrected chi connectivity index (χ0v) is 16.3. The number of carbonyl (C=O) groups excluding carboxylic acids is 1. The van der Waals surface area contributed by atoms with Gasteiger partial charge in [0.25, 0.3) is 0 Å². The van der Waals surface area contributed by atoms with E-state index in [1.807, 2.05) is 30.3 Å². The summed E-state index contributed by atoms with van der Waals surface area (Å²) in [5.74, 6) is -0.613. The quantitative estimate of drug-likeness (QED) is 0.512. The molecule has 0 aliphatic carbocycles. The van der Waals surface area contributed by atoms with Crippen molar-refractivity contribution in [1.82, 2.24) is 4.98 Å². The summed E-state index contributed by atoms with van der Waals surface area (Å²) in [4.78, 5) is 16.3. The van der Waals surface area contributed by atoms with Crippen LogP contribution in [-0.2, 0) is 11.3 Å². The van der Waals surface area contributed by atoms with Crippen molar-refractivity contribution < 1.29 is 13.9 Å². The number of nitrogens with two attached hydrogens (primary N) is 1. The lowest BCUT2D eigenvalue weighted by Gasteiger charge is -2.10. The lowest BCUT2D eigenvalue weighted by atomic mass is 10.2. The molecule has 1 atom stereocenters. The van der Waals surface area contributed by atoms with Gasteiger partial charge in [0.2, 0.25) is 0 Å². The van der Waals surface area contributed by atoms with Crippen LogP contribution in [-0.4, -0.2) is 17.6 Å². The van der Waals surface area contributed by atoms with Gasteiger partial charge in [-0.25, -0.2) is 14.2 Å². The first kappa shape index (κ1) is 20.2. The summed E-state index contributed by atoms with van der Waals surface area (Å²) in [5.41, 5.74) is 8.05. The minimum Gasteiger partial charge on any atom is -0.375 e. The van der Waals surface area contributed by atoms with Crippen LogP contribution in [0.15, 0.2) is 53.9 Å². The average molecular weight is 421 g/mol. The highest BCUT2D eigenvalue weighted by Crippen LogP contribution is 2.21. The summed E-state index contributed by atoms with van der Waals surface area (Å²) in [5, 5.41) is 7.22. The van der Waals surface area contributed by atoms with Crippen molar-refractivity contribution in [1.29, 1.82) is 0 Å². The summed E-state index contributed by atoms with van der Waals surface area (Å²) >= 11 is 6.85. The summed E-state index contributed by atoms with van der Waals surface area (Å²) in [6, 6.07) is 12.8. The van der Waals surface area contributed by atoms with Crippen LogP contribution in [0.5, 0.6) is 0 Å². The molecule has 0 fully saturated rings. The van der Waals surface area contributed by atoms with E-state index >= 15 is 0 Å². The third kappa shape index (κ3) is 5.74. The molecule has 2 aromatic carbocycles. The third-order valence-corrected chi connectivity index (χ3v) is 4.79. The molecular weight excluding hydrogens is 403 g/mol. The average Bonchev–Trinajstić information content (AvgIpc) is 3.14. The maximum absolute atomic E-state index is 13.4. The smallest absolute Gasteiger partial charge is 0.325 e. The largest absolute Gasteiger partial charge is 0.375 e. The maximum atomic E-state index is 13.4. The fourth-order valence-corrected chi connectivity index (χ4v) is 3.20. The van der Waals surface area contributed by atoms with Crippen LogP contribution < -0.4 is 16.4 Å². The number of ether oxygens (including phenoxy) is 1. The molecule has 28 heavy (non-hydrogen) atoms. The van der Waals surface area contributed by atoms with Crippen molar-refractivity contribution in [2.45, 2.75) is 12.6 Å². The van der Waals surface area contributed by atoms with E-state index in [1.165, 1.54) is 23.5 Å². The van der Waals surface area contributed by atoms with Gasteiger partial charge >= 0.3 is 6.03 Å². The van der Waals surface area contributed by atoms with Gasteiger partial charge in [0.05, 0.1) is 30.0 Å². The van der Waals surface area contributed by atoms with Crippen LogP contribution >= 0.6 is 22.9 Å². The molecule has 146 valence electrons. The number of anilines is 2. The van der Waals surface area contributed by atoms with Gasteiger partial charge in [-0.3, -0.25) is 5.32 Å². The number of nitrogens with one attached hydrogen (secondary N) is 2. The molecule has 2 amide bonds. The van der Waals surface area contributed by atoms with Crippen LogP contribution in [0.2, 0.25) is 5.02 Å². The molecule has 0 radical (unpaired) electrons. The van der Waals surface area contributed by atoms with E-state index < -0.39 is 17.9 Å². The number of hydrogen-bond acceptors (Lipinski definition) is 5. The van der Waals surface area contributed by atoms with Gasteiger partial charge in [-0.05, 0) is 23.8 Å². The predicted octanol–water partition coefficient (Wildman–Crippen LogP) is 4.80. The van der Waals surface area contributed by atoms with Gasteiger partial charge in [0, 0.05) is 11.1 Å². The number of hydrogen-bond donors (Lipinski definition) is 3. The van der Waals surface area contributed by atoms with Crippen molar-refractivity contribution in [3.8, 4) is 0 Å². The second-order valence-electron chi connectivity index (χ2n) is 5.89. The Balaban J connectivity index is 1.48. The summed E-state index contributed by atoms with van der Waals surface area (Å²) in [6.45, 7) is 0.762. The zero-order chi connectivity index (χ0) is 19.9. The Bertz CT molecular complexity index is 939. The van der Waals surface area contributed by atoms with E-state index in [9.17, 15) is 9.18 Å². The molecule has 3 rings (SSSR count). The fraction of sp³-hybridized carbons (Fsp3) is 0.158. The molecule has 1 unspecified atom stereocenters. The summed E-state index contributed by atoms with van der Waals surface area (Å²) in [7, 11) is 0. The first-order chi connectivity index (χ1) is 13.5. The number of carbonyl (C=O) groups is 1. The normalized spacial score (nSPS) is 11.8. The van der Waals surface area contributed by atoms with E-state index in [4.69, 9.17) is 22.1 Å². The monoisotopic (exact) mass is 420 g/mol. The molecule has 6 nitrogen and oxygen atoms in total. The lowest BCUT2D eigenvalue weighted by molar-refractivity contribution is 0.107. The second-order valence-corrected chi connectivity index (χ2v) is 7.16. The number of thiazole rings is 1. The molecular formula is C19H18ClFN4O2S. The first-order valence-corrected chi connectivity index (χ1v) is 9.63. The standard InChI is InChI=1S/C19H18ClFN4O2S/c20-14-7-6-13(8-15(14)21)23-18(26)25-19-24-17(11-28-19)16(22)10-27-9-12-4-2-1-3-5-12/h1-8,11,16H,9-10,22H2,(H2,23,24,25,26). The van der Waals surface area contributed by atoms with Crippen LogP contribution in [0.3, 0.4) is 0 Å². The van der Waals surface area contributed by atoms with E-state index in [0.29, 0.717) is 24.0 Å². The highest BCUT2D eigenvalue weighted by atomic mass is 35.5. The van der Waals surface area contributed by atoms with Crippen molar-refractivity contribution >= 4 is 39.8 Å². The molecule has 0 spiro atoms. The van der Waals surface area contributed by atoms with Crippen LogP contribution in [0.4, 0.5) is 20.0 Å². The van der Waals surface area contributed by atoms with Crippen LogP contribution in [0.25, 0.3) is 0 Å². The molecule has 3 aromatic rings. The number of halogens is 2. The van der Waals surface area contributed by atoms with Crippen LogP contribution in [0.1, 0.15) is 17.3 Å². The Kier molecular flexibility index (Phi) is 6.94. The number of nitrogens with zero attached hydrogens (tertiary/aromatic N) is 1. The third-order valence-electron chi connectivity index (χ3n) is 3.71. The Morgan fingerprint density at radius 3 is 2.79 bits per heavy atom. The molecule has 1 aromatic heterocycles. The van der Waals surface area contributed by atoms with Gasteiger partial charge in [-0.2, -0.15) is 0 Å². The van der Waals surface area contributed by atoms with Gasteiger partial charge < -0.3 is 15.8 Å². The number of urea groups is 1. The van der Waals surface area contributed by atoms with Crippen molar-refractivity contribution in [3.63, 3.8) is 0 Å². The number of amides is 2. The molecule has 0 saturated carbocycles. The Labute approximate surface area is 170 Å². The molecule has 1 heterocycles. The summed E-state index contributed by atoms with van der Waals surface area (Å²) < 4.78 is 19.0. The minimum absolute atomic E-state index is 0.0148. The van der Waals surface area contributed by atoms with Gasteiger partial charge in [-0.15, -0.1) is 11.3 Å². The second kappa shape index (κ2) is 9.61. The van der Waals surface area contributed by atoms with E-state index in [1.54, 1.807) is 5.38 Å². The summed E-state index contributed by atoms with van der Waals surface area (Å²) in [6.07, 6.45) is 0. The van der Waals surface area contributed by atoms with E-state index in [-0.39, 0.29) is 10.7 Å². The molecule has 0 saturated heterocycles. The first-order valence-electron chi connectivity index (χ1n) is 8.37. The zero-order valence-electron chi connectivity index (χ0n) is 14.7. The molecule has 4 N–H and O–H groups in total. The van der Waals surface area contributed by atoms with Gasteiger partial charge in [0.1, 0.15) is 5.82 Å². The van der Waals surface area contributed by atoms with E-state index in [2.05, 4.69) is 15.6 Å². The lowest BCUT2D eigenvalue weighted by Crippen LogP contribution is -2.20.